The lowest BCUT2D eigenvalue weighted by molar-refractivity contribution is 0.102. The van der Waals surface area contributed by atoms with Gasteiger partial charge in [-0.15, -0.1) is 0 Å². The fourth-order valence-corrected chi connectivity index (χ4v) is 3.45. The van der Waals surface area contributed by atoms with Gasteiger partial charge in [0.1, 0.15) is 5.69 Å². The molecule has 0 saturated heterocycles. The van der Waals surface area contributed by atoms with Crippen LogP contribution in [-0.4, -0.2) is 20.9 Å². The molecule has 4 aromatic rings. The molecule has 0 aliphatic rings. The molecule has 0 spiro atoms. The van der Waals surface area contributed by atoms with Crippen LogP contribution in [0.4, 0.5) is 17.3 Å². The highest BCUT2D eigenvalue weighted by Gasteiger charge is 2.14. The van der Waals surface area contributed by atoms with E-state index < -0.39 is 0 Å². The van der Waals surface area contributed by atoms with Crippen molar-refractivity contribution in [2.75, 3.05) is 10.6 Å². The zero-order chi connectivity index (χ0) is 21.1. The Balaban J connectivity index is 1.64. The highest BCUT2D eigenvalue weighted by Crippen LogP contribution is 2.25. The highest BCUT2D eigenvalue weighted by atomic mass is 16.1. The van der Waals surface area contributed by atoms with E-state index in [9.17, 15) is 4.79 Å². The Labute approximate surface area is 175 Å². The second kappa shape index (κ2) is 8.29. The van der Waals surface area contributed by atoms with Crippen molar-refractivity contribution in [1.82, 2.24) is 15.0 Å². The Morgan fingerprint density at radius 3 is 2.63 bits per heavy atom. The van der Waals surface area contributed by atoms with Crippen LogP contribution in [-0.2, 0) is 6.42 Å². The number of carbonyl (C=O) groups is 1. The van der Waals surface area contributed by atoms with Crippen molar-refractivity contribution in [3.05, 3.63) is 83.3 Å². The number of hydrogen-bond acceptors (Lipinski definition) is 5. The number of carbonyl (C=O) groups excluding carboxylic acids is 1. The van der Waals surface area contributed by atoms with Crippen LogP contribution < -0.4 is 10.6 Å². The van der Waals surface area contributed by atoms with E-state index in [4.69, 9.17) is 0 Å². The van der Waals surface area contributed by atoms with Crippen LogP contribution >= 0.6 is 0 Å². The number of aromatic nitrogens is 3. The van der Waals surface area contributed by atoms with E-state index in [1.54, 1.807) is 12.3 Å². The van der Waals surface area contributed by atoms with Gasteiger partial charge in [-0.1, -0.05) is 43.3 Å². The summed E-state index contributed by atoms with van der Waals surface area (Å²) in [5, 5.41) is 7.20. The second-order valence-corrected chi connectivity index (χ2v) is 7.14. The smallest absolute Gasteiger partial charge is 0.274 e. The van der Waals surface area contributed by atoms with Gasteiger partial charge >= 0.3 is 0 Å². The Kier molecular flexibility index (Phi) is 5.39. The van der Waals surface area contributed by atoms with Crippen LogP contribution in [0.1, 0.15) is 34.2 Å². The van der Waals surface area contributed by atoms with E-state index in [-0.39, 0.29) is 5.91 Å². The van der Waals surface area contributed by atoms with Crippen LogP contribution in [0.25, 0.3) is 10.9 Å². The minimum Gasteiger partial charge on any atom is -0.324 e. The molecule has 2 aromatic carbocycles. The predicted octanol–water partition coefficient (Wildman–Crippen LogP) is 5.20. The lowest BCUT2D eigenvalue weighted by Crippen LogP contribution is -2.16. The van der Waals surface area contributed by atoms with Gasteiger partial charge < -0.3 is 10.6 Å². The minimum atomic E-state index is -0.304. The number of para-hydroxylation sites is 2. The lowest BCUT2D eigenvalue weighted by atomic mass is 10.1. The monoisotopic (exact) mass is 397 g/mol. The molecule has 150 valence electrons. The number of anilines is 3. The van der Waals surface area contributed by atoms with Crippen molar-refractivity contribution in [2.45, 2.75) is 27.2 Å². The first-order valence-corrected chi connectivity index (χ1v) is 9.91. The lowest BCUT2D eigenvalue weighted by Gasteiger charge is -2.14. The molecule has 2 aromatic heterocycles. The number of nitrogens with one attached hydrogen (secondary N) is 2. The third-order valence-electron chi connectivity index (χ3n) is 4.94. The van der Waals surface area contributed by atoms with Crippen LogP contribution in [0.15, 0.2) is 60.8 Å². The van der Waals surface area contributed by atoms with Crippen molar-refractivity contribution in [3.63, 3.8) is 0 Å². The molecule has 4 rings (SSSR count). The summed E-state index contributed by atoms with van der Waals surface area (Å²) < 4.78 is 0. The molecule has 1 amide bonds. The van der Waals surface area contributed by atoms with Crippen molar-refractivity contribution in [3.8, 4) is 0 Å². The zero-order valence-electron chi connectivity index (χ0n) is 17.2. The normalized spacial score (nSPS) is 10.8. The molecule has 6 heteroatoms. The van der Waals surface area contributed by atoms with Crippen LogP contribution in [0.5, 0.6) is 0 Å². The Hall–Kier alpha value is -3.80. The molecule has 0 unspecified atom stereocenters. The van der Waals surface area contributed by atoms with Gasteiger partial charge in [-0.25, -0.2) is 9.97 Å². The van der Waals surface area contributed by atoms with Crippen LogP contribution in [0.2, 0.25) is 0 Å². The third kappa shape index (κ3) is 3.98. The first kappa shape index (κ1) is 19.5. The van der Waals surface area contributed by atoms with E-state index in [0.717, 1.165) is 28.6 Å². The summed E-state index contributed by atoms with van der Waals surface area (Å²) in [7, 11) is 0. The molecule has 0 fully saturated rings. The zero-order valence-corrected chi connectivity index (χ0v) is 17.2. The van der Waals surface area contributed by atoms with Gasteiger partial charge in [-0.3, -0.25) is 9.78 Å². The summed E-state index contributed by atoms with van der Waals surface area (Å²) >= 11 is 0. The summed E-state index contributed by atoms with van der Waals surface area (Å²) in [5.74, 6) is 0.0994. The van der Waals surface area contributed by atoms with Crippen molar-refractivity contribution < 1.29 is 4.79 Å². The molecule has 2 heterocycles. The molecule has 0 bridgehead atoms. The molecule has 0 saturated carbocycles. The summed E-state index contributed by atoms with van der Waals surface area (Å²) in [6, 6.07) is 17.3. The van der Waals surface area contributed by atoms with Crippen LogP contribution in [0.3, 0.4) is 0 Å². The number of amides is 1. The fraction of sp³-hybridized carbons (Fsp3) is 0.167. The maximum absolute atomic E-state index is 12.9. The molecule has 0 radical (unpaired) electrons. The number of hydrogen-bond donors (Lipinski definition) is 2. The second-order valence-electron chi connectivity index (χ2n) is 7.14. The number of nitrogens with zero attached hydrogens (tertiary/aromatic N) is 3. The predicted molar refractivity (Wildman–Crippen MR) is 120 cm³/mol. The average molecular weight is 397 g/mol. The maximum atomic E-state index is 12.9. The first-order valence-electron chi connectivity index (χ1n) is 9.91. The molecule has 6 nitrogen and oxygen atoms in total. The summed E-state index contributed by atoms with van der Waals surface area (Å²) in [4.78, 5) is 26.3. The topological polar surface area (TPSA) is 79.8 Å². The van der Waals surface area contributed by atoms with Gasteiger partial charge in [0.05, 0.1) is 11.2 Å². The largest absolute Gasteiger partial charge is 0.324 e. The van der Waals surface area contributed by atoms with E-state index >= 15 is 0 Å². The number of benzene rings is 2. The molecule has 0 aliphatic carbocycles. The van der Waals surface area contributed by atoms with E-state index in [2.05, 4.69) is 38.6 Å². The maximum Gasteiger partial charge on any atom is 0.274 e. The molecule has 2 N–H and O–H groups in total. The molecule has 30 heavy (non-hydrogen) atoms. The van der Waals surface area contributed by atoms with Gasteiger partial charge in [0, 0.05) is 23.0 Å². The summed E-state index contributed by atoms with van der Waals surface area (Å²) in [6.45, 7) is 5.99. The quantitative estimate of drug-likeness (QED) is 0.484. The van der Waals surface area contributed by atoms with Gasteiger partial charge in [0.25, 0.3) is 5.91 Å². The van der Waals surface area contributed by atoms with E-state index in [1.165, 1.54) is 5.56 Å². The number of rotatable bonds is 5. The molecular weight excluding hydrogens is 374 g/mol. The van der Waals surface area contributed by atoms with Crippen LogP contribution in [0, 0.1) is 13.8 Å². The average Bonchev–Trinajstić information content (AvgIpc) is 2.75. The SMILES string of the molecule is CCc1cccc(C)c1Nc1nc(C)cc(C(=O)Nc2cccc3cccnc23)n1. The van der Waals surface area contributed by atoms with E-state index in [0.29, 0.717) is 23.0 Å². The standard InChI is InChI=1S/C24H23N5O/c1-4-17-9-5-8-15(2)21(17)29-24-26-16(3)14-20(28-24)23(30)27-19-12-6-10-18-11-7-13-25-22(18)19/h5-14H,4H2,1-3H3,(H,27,30)(H,26,28,29). The fourth-order valence-electron chi connectivity index (χ4n) is 3.45. The Morgan fingerprint density at radius 1 is 1.00 bits per heavy atom. The van der Waals surface area contributed by atoms with Crippen molar-refractivity contribution in [1.29, 1.82) is 0 Å². The van der Waals surface area contributed by atoms with Gasteiger partial charge in [-0.05, 0) is 49.6 Å². The van der Waals surface area contributed by atoms with E-state index in [1.807, 2.05) is 56.3 Å². The summed E-state index contributed by atoms with van der Waals surface area (Å²) in [5.41, 5.74) is 5.65. The van der Waals surface area contributed by atoms with Crippen molar-refractivity contribution in [2.24, 2.45) is 0 Å². The van der Waals surface area contributed by atoms with Gasteiger partial charge in [0.2, 0.25) is 5.95 Å². The Bertz CT molecular complexity index is 1230. The third-order valence-corrected chi connectivity index (χ3v) is 4.94. The number of fused-ring (bicyclic) bond motifs is 1. The number of pyridine rings is 1. The van der Waals surface area contributed by atoms with Gasteiger partial charge in [0.15, 0.2) is 0 Å². The summed E-state index contributed by atoms with van der Waals surface area (Å²) in [6.07, 6.45) is 2.60. The van der Waals surface area contributed by atoms with Gasteiger partial charge in [-0.2, -0.15) is 0 Å². The Morgan fingerprint density at radius 2 is 1.80 bits per heavy atom. The number of aryl methyl sites for hydroxylation is 3. The van der Waals surface area contributed by atoms with Crippen molar-refractivity contribution >= 4 is 34.1 Å². The first-order chi connectivity index (χ1) is 14.5. The molecule has 0 atom stereocenters. The molecular formula is C24H23N5O. The highest BCUT2D eigenvalue weighted by molar-refractivity contribution is 6.07. The minimum absolute atomic E-state index is 0.296. The molecule has 0 aliphatic heterocycles.